The molecule has 1 aromatic carbocycles. The van der Waals surface area contributed by atoms with Gasteiger partial charge in [-0.2, -0.15) is 0 Å². The van der Waals surface area contributed by atoms with Crippen molar-refractivity contribution >= 4 is 28.3 Å². The van der Waals surface area contributed by atoms with Crippen molar-refractivity contribution < 1.29 is 9.72 Å². The standard InChI is InChI=1S/C15H18N2O3S/c1-11-14(18)21-15(9-5-2-6-10-15)16(11)12-7-3-4-8-13(12)17(19)20/h3-4,7-8,11H,2,5-6,9-10H2,1H3. The van der Waals surface area contributed by atoms with Crippen LogP contribution in [0.3, 0.4) is 0 Å². The number of para-hydroxylation sites is 2. The highest BCUT2D eigenvalue weighted by atomic mass is 32.2. The summed E-state index contributed by atoms with van der Waals surface area (Å²) in [6, 6.07) is 6.45. The molecule has 1 heterocycles. The largest absolute Gasteiger partial charge is 0.340 e. The van der Waals surface area contributed by atoms with E-state index >= 15 is 0 Å². The van der Waals surface area contributed by atoms with Gasteiger partial charge in [-0.1, -0.05) is 43.2 Å². The van der Waals surface area contributed by atoms with Gasteiger partial charge in [-0.15, -0.1) is 0 Å². The fourth-order valence-corrected chi connectivity index (χ4v) is 4.98. The molecule has 21 heavy (non-hydrogen) atoms. The Bertz CT molecular complexity index is 584. The van der Waals surface area contributed by atoms with Gasteiger partial charge in [-0.05, 0) is 25.8 Å². The molecule has 1 unspecified atom stereocenters. The molecule has 1 aliphatic carbocycles. The topological polar surface area (TPSA) is 63.5 Å². The maximum absolute atomic E-state index is 12.3. The summed E-state index contributed by atoms with van der Waals surface area (Å²) in [4.78, 5) is 25.0. The molecule has 112 valence electrons. The van der Waals surface area contributed by atoms with Crippen molar-refractivity contribution in [3.05, 3.63) is 34.4 Å². The van der Waals surface area contributed by atoms with E-state index in [0.717, 1.165) is 25.7 Å². The molecule has 1 atom stereocenters. The van der Waals surface area contributed by atoms with Gasteiger partial charge in [0.1, 0.15) is 5.69 Å². The van der Waals surface area contributed by atoms with Crippen LogP contribution in [0.2, 0.25) is 0 Å². The summed E-state index contributed by atoms with van der Waals surface area (Å²) in [7, 11) is 0. The molecule has 1 saturated heterocycles. The lowest BCUT2D eigenvalue weighted by Crippen LogP contribution is -2.47. The Hall–Kier alpha value is -1.56. The van der Waals surface area contributed by atoms with Crippen LogP contribution >= 0.6 is 11.8 Å². The summed E-state index contributed by atoms with van der Waals surface area (Å²) < 4.78 is 0. The van der Waals surface area contributed by atoms with E-state index in [2.05, 4.69) is 0 Å². The number of anilines is 1. The first-order valence-corrected chi connectivity index (χ1v) is 8.12. The van der Waals surface area contributed by atoms with Crippen molar-refractivity contribution in [3.63, 3.8) is 0 Å². The van der Waals surface area contributed by atoms with Crippen LogP contribution in [0.15, 0.2) is 24.3 Å². The predicted octanol–water partition coefficient (Wildman–Crippen LogP) is 3.72. The van der Waals surface area contributed by atoms with Crippen LogP contribution in [0.5, 0.6) is 0 Å². The predicted molar refractivity (Wildman–Crippen MR) is 83.5 cm³/mol. The fourth-order valence-electron chi connectivity index (χ4n) is 3.48. The molecule has 2 fully saturated rings. The molecular weight excluding hydrogens is 288 g/mol. The summed E-state index contributed by atoms with van der Waals surface area (Å²) in [5.41, 5.74) is 0.667. The number of nitro benzene ring substituents is 1. The molecule has 5 nitrogen and oxygen atoms in total. The second kappa shape index (κ2) is 5.33. The van der Waals surface area contributed by atoms with Crippen LogP contribution in [0.1, 0.15) is 39.0 Å². The van der Waals surface area contributed by atoms with Crippen LogP contribution < -0.4 is 4.90 Å². The average Bonchev–Trinajstić information content (AvgIpc) is 2.70. The molecule has 6 heteroatoms. The highest BCUT2D eigenvalue weighted by Crippen LogP contribution is 2.52. The smallest absolute Gasteiger partial charge is 0.292 e. The van der Waals surface area contributed by atoms with E-state index < -0.39 is 0 Å². The lowest BCUT2D eigenvalue weighted by molar-refractivity contribution is -0.384. The second-order valence-electron chi connectivity index (χ2n) is 5.72. The van der Waals surface area contributed by atoms with E-state index in [0.29, 0.717) is 5.69 Å². The van der Waals surface area contributed by atoms with Gasteiger partial charge in [-0.3, -0.25) is 14.9 Å². The van der Waals surface area contributed by atoms with E-state index in [-0.39, 0.29) is 26.6 Å². The third-order valence-electron chi connectivity index (χ3n) is 4.43. The van der Waals surface area contributed by atoms with Gasteiger partial charge in [0, 0.05) is 6.07 Å². The first-order valence-electron chi connectivity index (χ1n) is 7.31. The molecule has 2 aliphatic rings. The van der Waals surface area contributed by atoms with Crippen molar-refractivity contribution in [3.8, 4) is 0 Å². The van der Waals surface area contributed by atoms with Crippen LogP contribution in [0.4, 0.5) is 11.4 Å². The Morgan fingerprint density at radius 1 is 1.29 bits per heavy atom. The SMILES string of the molecule is CC1C(=O)SC2(CCCCC2)N1c1ccccc1[N+](=O)[O-]. The van der Waals surface area contributed by atoms with Crippen LogP contribution in [0.25, 0.3) is 0 Å². The summed E-state index contributed by atoms with van der Waals surface area (Å²) in [6.07, 6.45) is 5.16. The quantitative estimate of drug-likeness (QED) is 0.615. The molecule has 1 spiro atoms. The molecule has 0 N–H and O–H groups in total. The molecule has 1 aromatic rings. The number of hydrogen-bond donors (Lipinski definition) is 0. The Morgan fingerprint density at radius 2 is 1.95 bits per heavy atom. The number of rotatable bonds is 2. The monoisotopic (exact) mass is 306 g/mol. The van der Waals surface area contributed by atoms with Gasteiger partial charge in [0.2, 0.25) is 5.12 Å². The van der Waals surface area contributed by atoms with E-state index in [1.807, 2.05) is 11.8 Å². The summed E-state index contributed by atoms with van der Waals surface area (Å²) in [6.45, 7) is 1.86. The number of nitrogens with zero attached hydrogens (tertiary/aromatic N) is 2. The Morgan fingerprint density at radius 3 is 2.62 bits per heavy atom. The highest BCUT2D eigenvalue weighted by Gasteiger charge is 2.52. The van der Waals surface area contributed by atoms with Gasteiger partial charge in [0.05, 0.1) is 15.8 Å². The van der Waals surface area contributed by atoms with E-state index in [1.54, 1.807) is 18.2 Å². The van der Waals surface area contributed by atoms with Gasteiger partial charge >= 0.3 is 0 Å². The first-order chi connectivity index (χ1) is 10.1. The minimum absolute atomic E-state index is 0.0876. The number of nitro groups is 1. The molecular formula is C15H18N2O3S. The lowest BCUT2D eigenvalue weighted by atomic mass is 9.92. The summed E-state index contributed by atoms with van der Waals surface area (Å²) in [5, 5.41) is 11.4. The van der Waals surface area contributed by atoms with E-state index in [4.69, 9.17) is 0 Å². The first kappa shape index (κ1) is 14.4. The third-order valence-corrected chi connectivity index (χ3v) is 5.96. The molecule has 0 amide bonds. The van der Waals surface area contributed by atoms with Crippen LogP contribution in [-0.4, -0.2) is 21.0 Å². The third kappa shape index (κ3) is 2.31. The minimum atomic E-state index is -0.355. The number of thioether (sulfide) groups is 1. The molecule has 3 rings (SSSR count). The van der Waals surface area contributed by atoms with Gasteiger partial charge in [-0.25, -0.2) is 0 Å². The van der Waals surface area contributed by atoms with Crippen LogP contribution in [0, 0.1) is 10.1 Å². The van der Waals surface area contributed by atoms with E-state index in [9.17, 15) is 14.9 Å². The number of carbonyl (C=O) groups is 1. The zero-order valence-corrected chi connectivity index (χ0v) is 12.8. The molecule has 0 bridgehead atoms. The zero-order chi connectivity index (χ0) is 15.0. The van der Waals surface area contributed by atoms with Gasteiger partial charge < -0.3 is 4.90 Å². The van der Waals surface area contributed by atoms with Gasteiger partial charge in [0.15, 0.2) is 0 Å². The van der Waals surface area contributed by atoms with Crippen LogP contribution in [-0.2, 0) is 4.79 Å². The molecule has 1 saturated carbocycles. The Balaban J connectivity index is 2.09. The highest BCUT2D eigenvalue weighted by molar-refractivity contribution is 8.15. The number of hydrogen-bond acceptors (Lipinski definition) is 5. The van der Waals surface area contributed by atoms with Crippen molar-refractivity contribution in [1.82, 2.24) is 0 Å². The van der Waals surface area contributed by atoms with Crippen molar-refractivity contribution in [2.24, 2.45) is 0 Å². The normalized spacial score (nSPS) is 24.5. The second-order valence-corrected chi connectivity index (χ2v) is 7.09. The summed E-state index contributed by atoms with van der Waals surface area (Å²) >= 11 is 1.38. The van der Waals surface area contributed by atoms with Crippen molar-refractivity contribution in [2.75, 3.05) is 4.90 Å². The molecule has 0 aromatic heterocycles. The summed E-state index contributed by atoms with van der Waals surface area (Å²) in [5.74, 6) is 0. The molecule has 1 aliphatic heterocycles. The zero-order valence-electron chi connectivity index (χ0n) is 11.9. The Kier molecular flexibility index (Phi) is 3.65. The Labute approximate surface area is 127 Å². The number of benzene rings is 1. The fraction of sp³-hybridized carbons (Fsp3) is 0.533. The minimum Gasteiger partial charge on any atom is -0.340 e. The maximum Gasteiger partial charge on any atom is 0.292 e. The van der Waals surface area contributed by atoms with E-state index in [1.165, 1.54) is 24.2 Å². The van der Waals surface area contributed by atoms with Gasteiger partial charge in [0.25, 0.3) is 5.69 Å². The van der Waals surface area contributed by atoms with Crippen molar-refractivity contribution in [1.29, 1.82) is 0 Å². The maximum atomic E-state index is 12.3. The average molecular weight is 306 g/mol. The van der Waals surface area contributed by atoms with Crippen molar-refractivity contribution in [2.45, 2.75) is 49.9 Å². The lowest BCUT2D eigenvalue weighted by Gasteiger charge is -2.42. The number of carbonyl (C=O) groups excluding carboxylic acids is 1. The molecule has 0 radical (unpaired) electrons.